The Kier molecular flexibility index (Phi) is 4.75. The minimum Gasteiger partial charge on any atom is -0.489 e. The number of ether oxygens (including phenoxy) is 1. The van der Waals surface area contributed by atoms with Gasteiger partial charge in [-0.3, -0.25) is 0 Å². The largest absolute Gasteiger partial charge is 0.489 e. The van der Waals surface area contributed by atoms with E-state index in [0.29, 0.717) is 6.61 Å². The lowest BCUT2D eigenvalue weighted by atomic mass is 10.1. The number of benzene rings is 3. The molecule has 1 N–H and O–H groups in total. The van der Waals surface area contributed by atoms with Crippen molar-refractivity contribution in [2.24, 2.45) is 0 Å². The second-order valence-corrected chi connectivity index (χ2v) is 5.25. The molecule has 0 amide bonds. The van der Waals surface area contributed by atoms with Crippen molar-refractivity contribution in [3.63, 3.8) is 0 Å². The first-order chi connectivity index (χ1) is 11.3. The highest BCUT2D eigenvalue weighted by Gasteiger charge is 1.99. The van der Waals surface area contributed by atoms with E-state index in [1.165, 1.54) is 0 Å². The van der Waals surface area contributed by atoms with Crippen LogP contribution in [-0.2, 0) is 6.61 Å². The third kappa shape index (κ3) is 4.24. The molecule has 0 radical (unpaired) electrons. The minimum absolute atomic E-state index is 0.548. The Morgan fingerprint density at radius 2 is 1.57 bits per heavy atom. The van der Waals surface area contributed by atoms with Crippen LogP contribution >= 0.6 is 0 Å². The van der Waals surface area contributed by atoms with Crippen LogP contribution in [0.5, 0.6) is 5.75 Å². The highest BCUT2D eigenvalue weighted by molar-refractivity contribution is 5.60. The molecule has 0 fully saturated rings. The topological polar surface area (TPSA) is 21.3 Å². The van der Waals surface area contributed by atoms with Crippen molar-refractivity contribution in [3.8, 4) is 5.75 Å². The Bertz CT molecular complexity index is 763. The van der Waals surface area contributed by atoms with E-state index >= 15 is 0 Å². The summed E-state index contributed by atoms with van der Waals surface area (Å²) in [5.41, 5.74) is 4.32. The van der Waals surface area contributed by atoms with Crippen LogP contribution in [0.1, 0.15) is 11.1 Å². The molecule has 0 heterocycles. The predicted molar refractivity (Wildman–Crippen MR) is 97.0 cm³/mol. The van der Waals surface area contributed by atoms with Gasteiger partial charge < -0.3 is 10.1 Å². The third-order valence-corrected chi connectivity index (χ3v) is 3.52. The molecular formula is C21H19NO. The second kappa shape index (κ2) is 7.32. The molecule has 0 saturated heterocycles. The van der Waals surface area contributed by atoms with Gasteiger partial charge in [-0.15, -0.1) is 0 Å². The molecule has 0 aliphatic rings. The zero-order chi connectivity index (χ0) is 15.9. The van der Waals surface area contributed by atoms with Gasteiger partial charge in [0.25, 0.3) is 0 Å². The molecule has 2 nitrogen and oxygen atoms in total. The standard InChI is InChI=1S/C21H19NO/c1-2-17-11-13-18(14-12-17)16-23-21-10-6-9-20(15-21)22-19-7-4-3-5-8-19/h2-15,22H,1,16H2. The maximum atomic E-state index is 5.88. The van der Waals surface area contributed by atoms with E-state index in [9.17, 15) is 0 Å². The van der Waals surface area contributed by atoms with Crippen LogP contribution in [0.2, 0.25) is 0 Å². The quantitative estimate of drug-likeness (QED) is 0.635. The lowest BCUT2D eigenvalue weighted by Gasteiger charge is -2.10. The van der Waals surface area contributed by atoms with Gasteiger partial charge in [0.2, 0.25) is 0 Å². The first-order valence-electron chi connectivity index (χ1n) is 7.60. The van der Waals surface area contributed by atoms with E-state index in [0.717, 1.165) is 28.3 Å². The second-order valence-electron chi connectivity index (χ2n) is 5.25. The summed E-state index contributed by atoms with van der Waals surface area (Å²) in [7, 11) is 0. The minimum atomic E-state index is 0.548. The average Bonchev–Trinajstić information content (AvgIpc) is 2.62. The Balaban J connectivity index is 1.64. The van der Waals surface area contributed by atoms with Crippen LogP contribution in [0.3, 0.4) is 0 Å². The van der Waals surface area contributed by atoms with Crippen molar-refractivity contribution in [1.29, 1.82) is 0 Å². The molecule has 114 valence electrons. The molecule has 3 aromatic carbocycles. The van der Waals surface area contributed by atoms with E-state index in [1.807, 2.05) is 72.8 Å². The number of para-hydroxylation sites is 1. The van der Waals surface area contributed by atoms with Crippen molar-refractivity contribution < 1.29 is 4.74 Å². The Labute approximate surface area is 137 Å². The molecule has 0 unspecified atom stereocenters. The normalized spacial score (nSPS) is 10.1. The number of hydrogen-bond donors (Lipinski definition) is 1. The Morgan fingerprint density at radius 3 is 2.30 bits per heavy atom. The van der Waals surface area contributed by atoms with Gasteiger partial charge in [0.1, 0.15) is 12.4 Å². The average molecular weight is 301 g/mol. The summed E-state index contributed by atoms with van der Waals surface area (Å²) in [6.07, 6.45) is 1.84. The fourth-order valence-electron chi connectivity index (χ4n) is 2.27. The smallest absolute Gasteiger partial charge is 0.121 e. The molecule has 3 rings (SSSR count). The lowest BCUT2D eigenvalue weighted by molar-refractivity contribution is 0.306. The van der Waals surface area contributed by atoms with Crippen LogP contribution in [0.4, 0.5) is 11.4 Å². The molecule has 0 aliphatic heterocycles. The molecule has 0 bridgehead atoms. The van der Waals surface area contributed by atoms with Gasteiger partial charge in [-0.2, -0.15) is 0 Å². The van der Waals surface area contributed by atoms with Crippen molar-refractivity contribution in [2.75, 3.05) is 5.32 Å². The molecule has 2 heteroatoms. The number of rotatable bonds is 6. The van der Waals surface area contributed by atoms with Crippen LogP contribution in [0.25, 0.3) is 6.08 Å². The Morgan fingerprint density at radius 1 is 0.826 bits per heavy atom. The van der Waals surface area contributed by atoms with Gasteiger partial charge in [-0.25, -0.2) is 0 Å². The molecule has 0 atom stereocenters. The van der Waals surface area contributed by atoms with Crippen molar-refractivity contribution in [1.82, 2.24) is 0 Å². The van der Waals surface area contributed by atoms with Gasteiger partial charge in [-0.1, -0.05) is 61.2 Å². The molecule has 23 heavy (non-hydrogen) atoms. The molecule has 3 aromatic rings. The highest BCUT2D eigenvalue weighted by Crippen LogP contribution is 2.22. The van der Waals surface area contributed by atoms with Gasteiger partial charge in [0.15, 0.2) is 0 Å². The molecule has 0 aliphatic carbocycles. The maximum Gasteiger partial charge on any atom is 0.121 e. The van der Waals surface area contributed by atoms with E-state index < -0.39 is 0 Å². The summed E-state index contributed by atoms with van der Waals surface area (Å²) in [6.45, 7) is 4.31. The summed E-state index contributed by atoms with van der Waals surface area (Å²) in [5, 5.41) is 3.37. The highest BCUT2D eigenvalue weighted by atomic mass is 16.5. The van der Waals surface area contributed by atoms with E-state index in [-0.39, 0.29) is 0 Å². The molecule has 0 aromatic heterocycles. The van der Waals surface area contributed by atoms with Crippen LogP contribution in [-0.4, -0.2) is 0 Å². The van der Waals surface area contributed by atoms with Crippen LogP contribution < -0.4 is 10.1 Å². The van der Waals surface area contributed by atoms with Crippen molar-refractivity contribution >= 4 is 17.5 Å². The zero-order valence-corrected chi connectivity index (χ0v) is 12.9. The summed E-state index contributed by atoms with van der Waals surface area (Å²) < 4.78 is 5.88. The molecule has 0 spiro atoms. The molecular weight excluding hydrogens is 282 g/mol. The number of anilines is 2. The number of nitrogens with one attached hydrogen (secondary N) is 1. The zero-order valence-electron chi connectivity index (χ0n) is 12.9. The predicted octanol–water partition coefficient (Wildman–Crippen LogP) is 5.65. The lowest BCUT2D eigenvalue weighted by Crippen LogP contribution is -1.96. The van der Waals surface area contributed by atoms with Gasteiger partial charge >= 0.3 is 0 Å². The van der Waals surface area contributed by atoms with Crippen molar-refractivity contribution in [3.05, 3.63) is 96.6 Å². The fourth-order valence-corrected chi connectivity index (χ4v) is 2.27. The summed E-state index contributed by atoms with van der Waals surface area (Å²) in [5.74, 6) is 0.846. The first-order valence-corrected chi connectivity index (χ1v) is 7.60. The molecule has 0 saturated carbocycles. The van der Waals surface area contributed by atoms with Gasteiger partial charge in [0, 0.05) is 17.4 Å². The van der Waals surface area contributed by atoms with Crippen molar-refractivity contribution in [2.45, 2.75) is 6.61 Å². The van der Waals surface area contributed by atoms with Crippen LogP contribution in [0, 0.1) is 0 Å². The van der Waals surface area contributed by atoms with Gasteiger partial charge in [-0.05, 0) is 35.4 Å². The summed E-state index contributed by atoms with van der Waals surface area (Å²) in [4.78, 5) is 0. The SMILES string of the molecule is C=Cc1ccc(COc2cccc(Nc3ccccc3)c2)cc1. The Hall–Kier alpha value is -3.00. The van der Waals surface area contributed by atoms with E-state index in [1.54, 1.807) is 0 Å². The van der Waals surface area contributed by atoms with Gasteiger partial charge in [0.05, 0.1) is 0 Å². The third-order valence-electron chi connectivity index (χ3n) is 3.52. The van der Waals surface area contributed by atoms with E-state index in [2.05, 4.69) is 24.0 Å². The van der Waals surface area contributed by atoms with Crippen LogP contribution in [0.15, 0.2) is 85.4 Å². The van der Waals surface area contributed by atoms with E-state index in [4.69, 9.17) is 4.74 Å². The first kappa shape index (κ1) is 14.9. The summed E-state index contributed by atoms with van der Waals surface area (Å²) >= 11 is 0. The fraction of sp³-hybridized carbons (Fsp3) is 0.0476. The maximum absolute atomic E-state index is 5.88. The summed E-state index contributed by atoms with van der Waals surface area (Å²) in [6, 6.07) is 26.3. The number of hydrogen-bond acceptors (Lipinski definition) is 2. The monoisotopic (exact) mass is 301 g/mol.